The Morgan fingerprint density at radius 2 is 2.22 bits per heavy atom. The van der Waals surface area contributed by atoms with Crippen LogP contribution in [0.4, 0.5) is 0 Å². The second-order valence-corrected chi connectivity index (χ2v) is 8.83. The summed E-state index contributed by atoms with van der Waals surface area (Å²) >= 11 is 0. The molecule has 1 aromatic carbocycles. The molecule has 0 bridgehead atoms. The Balaban J connectivity index is 2.07. The first-order chi connectivity index (χ1) is 12.8. The zero-order chi connectivity index (χ0) is 20.0. The van der Waals surface area contributed by atoms with Gasteiger partial charge < -0.3 is 15.4 Å². The summed E-state index contributed by atoms with van der Waals surface area (Å²) in [5, 5.41) is 14.9. The van der Waals surface area contributed by atoms with Gasteiger partial charge in [0.25, 0.3) is 5.91 Å². The van der Waals surface area contributed by atoms with E-state index in [0.717, 1.165) is 11.1 Å². The van der Waals surface area contributed by atoms with Crippen LogP contribution in [0.1, 0.15) is 37.4 Å². The number of carbonyl (C=O) groups is 1. The summed E-state index contributed by atoms with van der Waals surface area (Å²) < 4.78 is 28.6. The number of benzene rings is 1. The predicted molar refractivity (Wildman–Crippen MR) is 103 cm³/mol. The fourth-order valence-electron chi connectivity index (χ4n) is 2.92. The minimum Gasteiger partial charge on any atom is -0.494 e. The number of aryl methyl sites for hydroxylation is 1. The maximum atomic E-state index is 12.4. The highest BCUT2D eigenvalue weighted by Gasteiger charge is 2.27. The Morgan fingerprint density at radius 3 is 2.81 bits per heavy atom. The lowest BCUT2D eigenvalue weighted by molar-refractivity contribution is -0.117. The average Bonchev–Trinajstić information content (AvgIpc) is 2.96. The summed E-state index contributed by atoms with van der Waals surface area (Å²) in [7, 11) is -3.03. The molecule has 7 nitrogen and oxygen atoms in total. The second-order valence-electron chi connectivity index (χ2n) is 6.61. The Kier molecular flexibility index (Phi) is 6.86. The molecule has 1 aromatic rings. The third-order valence-corrected chi connectivity index (χ3v) is 6.11. The number of amides is 1. The van der Waals surface area contributed by atoms with Crippen molar-refractivity contribution in [2.75, 3.05) is 18.1 Å². The minimum atomic E-state index is -3.03. The molecular formula is C19H25N3O4S. The van der Waals surface area contributed by atoms with E-state index in [1.54, 1.807) is 0 Å². The van der Waals surface area contributed by atoms with Gasteiger partial charge in [0.05, 0.1) is 24.2 Å². The summed E-state index contributed by atoms with van der Waals surface area (Å²) in [6.07, 6.45) is 1.77. The number of nitrogens with one attached hydrogen (secondary N) is 2. The van der Waals surface area contributed by atoms with Gasteiger partial charge >= 0.3 is 0 Å². The van der Waals surface area contributed by atoms with Crippen LogP contribution in [0.25, 0.3) is 0 Å². The summed E-state index contributed by atoms with van der Waals surface area (Å²) in [5.41, 5.74) is 1.77. The molecule has 8 heteroatoms. The molecule has 1 saturated heterocycles. The van der Waals surface area contributed by atoms with Crippen molar-refractivity contribution in [2.45, 2.75) is 39.3 Å². The van der Waals surface area contributed by atoms with E-state index < -0.39 is 15.7 Å². The van der Waals surface area contributed by atoms with Gasteiger partial charge in [-0.2, -0.15) is 5.26 Å². The van der Waals surface area contributed by atoms with Crippen LogP contribution in [0.2, 0.25) is 0 Å². The quantitative estimate of drug-likeness (QED) is 0.542. The Bertz CT molecular complexity index is 871. The molecule has 1 amide bonds. The van der Waals surface area contributed by atoms with Crippen LogP contribution in [0, 0.1) is 18.3 Å². The smallest absolute Gasteiger partial charge is 0.263 e. The molecular weight excluding hydrogens is 366 g/mol. The Morgan fingerprint density at radius 1 is 1.48 bits per heavy atom. The van der Waals surface area contributed by atoms with Crippen molar-refractivity contribution >= 4 is 15.7 Å². The van der Waals surface area contributed by atoms with Crippen LogP contribution in [-0.4, -0.2) is 38.5 Å². The van der Waals surface area contributed by atoms with Gasteiger partial charge in [0.1, 0.15) is 17.4 Å². The fraction of sp³-hybridized carbons (Fsp3) is 0.474. The van der Waals surface area contributed by atoms with Crippen LogP contribution >= 0.6 is 0 Å². The number of ether oxygens (including phenoxy) is 1. The number of carbonyl (C=O) groups excluding carboxylic acids is 1. The van der Waals surface area contributed by atoms with Crippen molar-refractivity contribution in [1.82, 2.24) is 10.6 Å². The Hall–Kier alpha value is -2.53. The molecule has 146 valence electrons. The molecule has 1 heterocycles. The largest absolute Gasteiger partial charge is 0.494 e. The van der Waals surface area contributed by atoms with E-state index in [0.29, 0.717) is 18.8 Å². The second kappa shape index (κ2) is 8.91. The van der Waals surface area contributed by atoms with Gasteiger partial charge in [-0.15, -0.1) is 0 Å². The maximum Gasteiger partial charge on any atom is 0.263 e. The van der Waals surface area contributed by atoms with Gasteiger partial charge in [0.15, 0.2) is 9.84 Å². The van der Waals surface area contributed by atoms with E-state index in [1.807, 2.05) is 45.0 Å². The van der Waals surface area contributed by atoms with Crippen molar-refractivity contribution < 1.29 is 17.9 Å². The predicted octanol–water partition coefficient (Wildman–Crippen LogP) is 1.76. The third kappa shape index (κ3) is 5.73. The van der Waals surface area contributed by atoms with Gasteiger partial charge in [-0.25, -0.2) is 8.42 Å². The first-order valence-electron chi connectivity index (χ1n) is 8.86. The highest BCUT2D eigenvalue weighted by Crippen LogP contribution is 2.26. The van der Waals surface area contributed by atoms with E-state index in [9.17, 15) is 18.5 Å². The number of rotatable bonds is 7. The highest BCUT2D eigenvalue weighted by atomic mass is 32.2. The highest BCUT2D eigenvalue weighted by molar-refractivity contribution is 7.91. The van der Waals surface area contributed by atoms with Gasteiger partial charge in [-0.1, -0.05) is 17.7 Å². The molecule has 1 aliphatic rings. The minimum absolute atomic E-state index is 0.0151. The summed E-state index contributed by atoms with van der Waals surface area (Å²) in [6.45, 7) is 6.17. The first kappa shape index (κ1) is 20.8. The Labute approximate surface area is 160 Å². The zero-order valence-corrected chi connectivity index (χ0v) is 16.6. The van der Waals surface area contributed by atoms with Crippen molar-refractivity contribution in [1.29, 1.82) is 5.26 Å². The van der Waals surface area contributed by atoms with Crippen molar-refractivity contribution in [3.63, 3.8) is 0 Å². The van der Waals surface area contributed by atoms with Crippen LogP contribution < -0.4 is 15.4 Å². The molecule has 0 radical (unpaired) electrons. The van der Waals surface area contributed by atoms with Crippen molar-refractivity contribution in [3.05, 3.63) is 41.1 Å². The normalized spacial score (nSPS) is 19.8. The van der Waals surface area contributed by atoms with E-state index in [4.69, 9.17) is 4.74 Å². The summed E-state index contributed by atoms with van der Waals surface area (Å²) in [5.74, 6) is 0.299. The molecule has 1 fully saturated rings. The average molecular weight is 391 g/mol. The third-order valence-electron chi connectivity index (χ3n) is 4.34. The van der Waals surface area contributed by atoms with E-state index in [-0.39, 0.29) is 29.2 Å². The summed E-state index contributed by atoms with van der Waals surface area (Å²) in [4.78, 5) is 12.4. The van der Waals surface area contributed by atoms with Crippen molar-refractivity contribution in [3.8, 4) is 11.8 Å². The lowest BCUT2D eigenvalue weighted by Crippen LogP contribution is -2.31. The number of nitriles is 1. The lowest BCUT2D eigenvalue weighted by atomic mass is 10.0. The van der Waals surface area contributed by atoms with Crippen LogP contribution in [0.5, 0.6) is 5.75 Å². The molecule has 0 aromatic heterocycles. The topological polar surface area (TPSA) is 108 Å². The van der Waals surface area contributed by atoms with Crippen LogP contribution in [0.15, 0.2) is 30.0 Å². The summed E-state index contributed by atoms with van der Waals surface area (Å²) in [6, 6.07) is 6.96. The molecule has 2 unspecified atom stereocenters. The number of hydrogen-bond acceptors (Lipinski definition) is 6. The SMILES string of the molecule is CCOc1ccc(C)cc1C(C)NC(=O)/C(C#N)=C\NC1CCS(=O)(=O)C1. The number of hydrogen-bond donors (Lipinski definition) is 2. The fourth-order valence-corrected chi connectivity index (χ4v) is 4.61. The van der Waals surface area contributed by atoms with E-state index in [2.05, 4.69) is 10.6 Å². The van der Waals surface area contributed by atoms with Gasteiger partial charge in [0, 0.05) is 17.8 Å². The molecule has 2 N–H and O–H groups in total. The molecule has 1 aliphatic heterocycles. The first-order valence-corrected chi connectivity index (χ1v) is 10.7. The van der Waals surface area contributed by atoms with E-state index >= 15 is 0 Å². The van der Waals surface area contributed by atoms with Gasteiger partial charge in [-0.3, -0.25) is 4.79 Å². The molecule has 0 saturated carbocycles. The molecule has 2 atom stereocenters. The van der Waals surface area contributed by atoms with Crippen LogP contribution in [0.3, 0.4) is 0 Å². The van der Waals surface area contributed by atoms with Crippen molar-refractivity contribution in [2.24, 2.45) is 0 Å². The molecule has 2 rings (SSSR count). The lowest BCUT2D eigenvalue weighted by Gasteiger charge is -2.18. The van der Waals surface area contributed by atoms with E-state index in [1.165, 1.54) is 6.20 Å². The number of sulfone groups is 1. The molecule has 0 aliphatic carbocycles. The zero-order valence-electron chi connectivity index (χ0n) is 15.8. The number of nitrogens with zero attached hydrogens (tertiary/aromatic N) is 1. The monoisotopic (exact) mass is 391 g/mol. The molecule has 0 spiro atoms. The van der Waals surface area contributed by atoms with Crippen LogP contribution in [-0.2, 0) is 14.6 Å². The maximum absolute atomic E-state index is 12.4. The van der Waals surface area contributed by atoms with Gasteiger partial charge in [-0.05, 0) is 33.3 Å². The molecule has 27 heavy (non-hydrogen) atoms. The standard InChI is InChI=1S/C19H25N3O4S/c1-4-26-18-6-5-13(2)9-17(18)14(3)22-19(23)15(10-20)11-21-16-7-8-27(24,25)12-16/h5-6,9,11,14,16,21H,4,7-8,12H2,1-3H3,(H,22,23)/b15-11-. The van der Waals surface area contributed by atoms with Gasteiger partial charge in [0.2, 0.25) is 0 Å².